The maximum Gasteiger partial charge on any atom is 0.416 e. The van der Waals surface area contributed by atoms with Crippen LogP contribution in [0.1, 0.15) is 16.7 Å². The largest absolute Gasteiger partial charge is 0.416 e. The molecule has 0 atom stereocenters. The molecular weight excluding hydrogens is 418 g/mol. The quantitative estimate of drug-likeness (QED) is 0.441. The van der Waals surface area contributed by atoms with Gasteiger partial charge in [-0.3, -0.25) is 10.1 Å². The van der Waals surface area contributed by atoms with E-state index in [0.717, 1.165) is 12.1 Å². The second-order valence-corrected chi connectivity index (χ2v) is 7.20. The van der Waals surface area contributed by atoms with Gasteiger partial charge >= 0.3 is 12.4 Å². The van der Waals surface area contributed by atoms with Gasteiger partial charge in [0.1, 0.15) is 0 Å². The topological polar surface area (TPSA) is 89.3 Å². The first-order chi connectivity index (χ1) is 12.7. The lowest BCUT2D eigenvalue weighted by Gasteiger charge is -2.14. The van der Waals surface area contributed by atoms with Crippen molar-refractivity contribution in [1.29, 1.82) is 0 Å². The Morgan fingerprint density at radius 3 is 1.89 bits per heavy atom. The van der Waals surface area contributed by atoms with E-state index in [1.165, 1.54) is 12.1 Å². The fourth-order valence-corrected chi connectivity index (χ4v) is 3.40. The number of rotatable bonds is 5. The predicted molar refractivity (Wildman–Crippen MR) is 83.6 cm³/mol. The molecule has 0 fully saturated rings. The number of nitro benzene ring substituents is 1. The second-order valence-electron chi connectivity index (χ2n) is 5.46. The summed E-state index contributed by atoms with van der Waals surface area (Å²) in [5, 5.41) is 10.9. The molecular formula is C15H10F6N2O4S. The summed E-state index contributed by atoms with van der Waals surface area (Å²) in [4.78, 5) is 9.16. The van der Waals surface area contributed by atoms with Gasteiger partial charge in [-0.2, -0.15) is 26.3 Å². The van der Waals surface area contributed by atoms with Crippen molar-refractivity contribution in [2.75, 3.05) is 0 Å². The first kappa shape index (κ1) is 21.6. The summed E-state index contributed by atoms with van der Waals surface area (Å²) in [5.41, 5.74) is -4.64. The fourth-order valence-electron chi connectivity index (χ4n) is 2.21. The summed E-state index contributed by atoms with van der Waals surface area (Å²) < 4.78 is 103. The summed E-state index contributed by atoms with van der Waals surface area (Å²) in [6.07, 6.45) is -10.2. The molecule has 0 heterocycles. The molecule has 0 saturated carbocycles. The number of sulfonamides is 1. The molecule has 13 heteroatoms. The third kappa shape index (κ3) is 4.98. The van der Waals surface area contributed by atoms with Crippen LogP contribution in [0.15, 0.2) is 47.4 Å². The highest BCUT2D eigenvalue weighted by molar-refractivity contribution is 7.89. The molecule has 1 N–H and O–H groups in total. The summed E-state index contributed by atoms with van der Waals surface area (Å²) in [6, 6.07) is 4.76. The molecule has 0 aliphatic heterocycles. The Hall–Kier alpha value is -2.67. The fraction of sp³-hybridized carbons (Fsp3) is 0.200. The zero-order valence-electron chi connectivity index (χ0n) is 13.5. The molecule has 0 spiro atoms. The van der Waals surface area contributed by atoms with Crippen LogP contribution >= 0.6 is 0 Å². The van der Waals surface area contributed by atoms with Crippen LogP contribution in [-0.2, 0) is 28.9 Å². The van der Waals surface area contributed by atoms with Crippen molar-refractivity contribution in [1.82, 2.24) is 4.72 Å². The third-order valence-electron chi connectivity index (χ3n) is 3.47. The van der Waals surface area contributed by atoms with E-state index >= 15 is 0 Å². The van der Waals surface area contributed by atoms with Crippen molar-refractivity contribution in [2.24, 2.45) is 0 Å². The van der Waals surface area contributed by atoms with Crippen LogP contribution in [0.5, 0.6) is 0 Å². The van der Waals surface area contributed by atoms with Crippen molar-refractivity contribution >= 4 is 15.7 Å². The molecule has 28 heavy (non-hydrogen) atoms. The van der Waals surface area contributed by atoms with Gasteiger partial charge in [0.25, 0.3) is 5.69 Å². The van der Waals surface area contributed by atoms with Crippen LogP contribution in [0.3, 0.4) is 0 Å². The maximum atomic E-state index is 12.8. The van der Waals surface area contributed by atoms with Crippen molar-refractivity contribution in [3.63, 3.8) is 0 Å². The molecule has 6 nitrogen and oxygen atoms in total. The molecule has 2 rings (SSSR count). The Morgan fingerprint density at radius 2 is 1.43 bits per heavy atom. The number of para-hydroxylation sites is 1. The average molecular weight is 428 g/mol. The highest BCUT2D eigenvalue weighted by atomic mass is 32.2. The van der Waals surface area contributed by atoms with Gasteiger partial charge in [0.2, 0.25) is 10.0 Å². The number of benzene rings is 2. The number of nitro groups is 1. The lowest BCUT2D eigenvalue weighted by atomic mass is 10.0. The molecule has 0 amide bonds. The van der Waals surface area contributed by atoms with E-state index in [4.69, 9.17) is 0 Å². The Morgan fingerprint density at radius 1 is 0.929 bits per heavy atom. The van der Waals surface area contributed by atoms with Crippen LogP contribution in [0.2, 0.25) is 0 Å². The van der Waals surface area contributed by atoms with Gasteiger partial charge in [-0.05, 0) is 29.8 Å². The smallest absolute Gasteiger partial charge is 0.258 e. The summed E-state index contributed by atoms with van der Waals surface area (Å²) >= 11 is 0. The van der Waals surface area contributed by atoms with Gasteiger partial charge in [0.15, 0.2) is 4.90 Å². The Balaban J connectivity index is 2.40. The van der Waals surface area contributed by atoms with E-state index in [9.17, 15) is 44.9 Å². The van der Waals surface area contributed by atoms with E-state index in [1.807, 2.05) is 0 Å². The summed E-state index contributed by atoms with van der Waals surface area (Å²) in [6.45, 7) is -0.943. The highest BCUT2D eigenvalue weighted by Gasteiger charge is 2.37. The lowest BCUT2D eigenvalue weighted by Crippen LogP contribution is -2.24. The number of nitrogens with zero attached hydrogens (tertiary/aromatic N) is 1. The average Bonchev–Trinajstić information content (AvgIpc) is 2.58. The molecule has 0 aliphatic carbocycles. The minimum Gasteiger partial charge on any atom is -0.258 e. The molecule has 2 aromatic carbocycles. The predicted octanol–water partition coefficient (Wildman–Crippen LogP) is 4.11. The number of alkyl halides is 6. The number of hydrogen-bond donors (Lipinski definition) is 1. The monoisotopic (exact) mass is 428 g/mol. The van der Waals surface area contributed by atoms with Crippen LogP contribution in [-0.4, -0.2) is 13.3 Å². The number of halogens is 6. The van der Waals surface area contributed by atoms with Crippen molar-refractivity contribution < 1.29 is 39.7 Å². The lowest BCUT2D eigenvalue weighted by molar-refractivity contribution is -0.387. The maximum absolute atomic E-state index is 12.8. The van der Waals surface area contributed by atoms with E-state index in [1.54, 1.807) is 4.72 Å². The zero-order valence-corrected chi connectivity index (χ0v) is 14.3. The Bertz CT molecular complexity index is 970. The summed E-state index contributed by atoms with van der Waals surface area (Å²) in [5.74, 6) is 0. The normalized spacial score (nSPS) is 12.8. The number of hydrogen-bond acceptors (Lipinski definition) is 4. The molecule has 0 unspecified atom stereocenters. The molecule has 0 bridgehead atoms. The first-order valence-corrected chi connectivity index (χ1v) is 8.71. The van der Waals surface area contributed by atoms with Crippen LogP contribution in [0, 0.1) is 10.1 Å². The van der Waals surface area contributed by atoms with Gasteiger partial charge in [-0.15, -0.1) is 0 Å². The minimum absolute atomic E-state index is 0.0972. The molecule has 0 aliphatic rings. The third-order valence-corrected chi connectivity index (χ3v) is 4.91. The van der Waals surface area contributed by atoms with Crippen molar-refractivity contribution in [3.8, 4) is 0 Å². The minimum atomic E-state index is -5.09. The Kier molecular flexibility index (Phi) is 5.71. The molecule has 0 aromatic heterocycles. The van der Waals surface area contributed by atoms with E-state index in [0.29, 0.717) is 12.1 Å². The van der Waals surface area contributed by atoms with Gasteiger partial charge in [0.05, 0.1) is 16.1 Å². The van der Waals surface area contributed by atoms with E-state index in [2.05, 4.69) is 0 Å². The number of nitrogens with one attached hydrogen (secondary N) is 1. The highest BCUT2D eigenvalue weighted by Crippen LogP contribution is 2.36. The standard InChI is InChI=1S/C15H10F6N2O4S/c16-14(17,18)10-5-9(6-11(7-10)15(19,20)21)8-22-28(26,27)13-4-2-1-3-12(13)23(24)25/h1-7,22H,8H2. The van der Waals surface area contributed by atoms with Crippen molar-refractivity contribution in [2.45, 2.75) is 23.8 Å². The van der Waals surface area contributed by atoms with Crippen molar-refractivity contribution in [3.05, 3.63) is 69.3 Å². The first-order valence-electron chi connectivity index (χ1n) is 7.23. The van der Waals surface area contributed by atoms with E-state index < -0.39 is 61.1 Å². The Labute approximate surface area is 154 Å². The van der Waals surface area contributed by atoms with Crippen LogP contribution in [0.4, 0.5) is 32.0 Å². The van der Waals surface area contributed by atoms with E-state index in [-0.39, 0.29) is 6.07 Å². The molecule has 0 radical (unpaired) electrons. The second kappa shape index (κ2) is 7.39. The molecule has 0 saturated heterocycles. The molecule has 2 aromatic rings. The molecule has 152 valence electrons. The van der Waals surface area contributed by atoms with Gasteiger partial charge in [0, 0.05) is 12.6 Å². The van der Waals surface area contributed by atoms with Gasteiger partial charge in [-0.25, -0.2) is 13.1 Å². The van der Waals surface area contributed by atoms with Gasteiger partial charge in [-0.1, -0.05) is 12.1 Å². The zero-order chi connectivity index (χ0) is 21.3. The summed E-state index contributed by atoms with van der Waals surface area (Å²) in [7, 11) is -4.58. The SMILES string of the molecule is O=[N+]([O-])c1ccccc1S(=O)(=O)NCc1cc(C(F)(F)F)cc(C(F)(F)F)c1. The van der Waals surface area contributed by atoms with Gasteiger partial charge < -0.3 is 0 Å². The van der Waals surface area contributed by atoms with Crippen LogP contribution < -0.4 is 4.72 Å². The van der Waals surface area contributed by atoms with Crippen LogP contribution in [0.25, 0.3) is 0 Å².